The van der Waals surface area contributed by atoms with Crippen LogP contribution in [0.3, 0.4) is 0 Å². The van der Waals surface area contributed by atoms with Gasteiger partial charge in [0.25, 0.3) is 5.91 Å². The van der Waals surface area contributed by atoms with E-state index in [2.05, 4.69) is 20.6 Å². The molecule has 0 saturated carbocycles. The lowest BCUT2D eigenvalue weighted by Gasteiger charge is -2.06. The highest BCUT2D eigenvalue weighted by Crippen LogP contribution is 2.17. The molecule has 106 valence electrons. The average Bonchev–Trinajstić information content (AvgIpc) is 2.92. The number of amidine groups is 1. The summed E-state index contributed by atoms with van der Waals surface area (Å²) in [6, 6.07) is 0. The van der Waals surface area contributed by atoms with Gasteiger partial charge in [-0.25, -0.2) is 4.98 Å². The molecule has 0 unspecified atom stereocenters. The van der Waals surface area contributed by atoms with E-state index in [1.165, 1.54) is 10.9 Å². The van der Waals surface area contributed by atoms with Gasteiger partial charge in [0.2, 0.25) is 5.76 Å². The Morgan fingerprint density at radius 2 is 2.25 bits per heavy atom. The molecule has 0 aliphatic heterocycles. The van der Waals surface area contributed by atoms with E-state index < -0.39 is 5.91 Å². The molecule has 9 heteroatoms. The Morgan fingerprint density at radius 3 is 2.80 bits per heavy atom. The number of oxime groups is 1. The van der Waals surface area contributed by atoms with E-state index in [0.29, 0.717) is 23.0 Å². The van der Waals surface area contributed by atoms with E-state index in [9.17, 15) is 4.79 Å². The van der Waals surface area contributed by atoms with Gasteiger partial charge in [-0.1, -0.05) is 5.16 Å². The summed E-state index contributed by atoms with van der Waals surface area (Å²) in [5, 5.41) is 18.1. The maximum Gasteiger partial charge on any atom is 0.294 e. The molecule has 2 heterocycles. The minimum atomic E-state index is -0.487. The fourth-order valence-electron chi connectivity index (χ4n) is 1.73. The molecule has 9 nitrogen and oxygen atoms in total. The summed E-state index contributed by atoms with van der Waals surface area (Å²) in [6.45, 7) is 3.31. The van der Waals surface area contributed by atoms with Crippen LogP contribution in [0.4, 0.5) is 5.82 Å². The van der Waals surface area contributed by atoms with E-state index in [0.717, 1.165) is 0 Å². The fourth-order valence-corrected chi connectivity index (χ4v) is 1.73. The van der Waals surface area contributed by atoms with Crippen molar-refractivity contribution in [2.45, 2.75) is 13.8 Å². The highest BCUT2D eigenvalue weighted by atomic mass is 16.4. The molecule has 2 aromatic rings. The van der Waals surface area contributed by atoms with Gasteiger partial charge in [0.05, 0.1) is 17.5 Å². The Kier molecular flexibility index (Phi) is 3.42. The van der Waals surface area contributed by atoms with Crippen LogP contribution in [0.25, 0.3) is 0 Å². The van der Waals surface area contributed by atoms with E-state index in [4.69, 9.17) is 15.4 Å². The van der Waals surface area contributed by atoms with Crippen molar-refractivity contribution in [3.05, 3.63) is 29.1 Å². The number of nitrogens with one attached hydrogen (secondary N) is 1. The van der Waals surface area contributed by atoms with Crippen LogP contribution in [-0.4, -0.2) is 31.7 Å². The highest BCUT2D eigenvalue weighted by molar-refractivity contribution is 6.08. The van der Waals surface area contributed by atoms with Gasteiger partial charge >= 0.3 is 0 Å². The van der Waals surface area contributed by atoms with Gasteiger partial charge in [-0.2, -0.15) is 5.10 Å². The van der Waals surface area contributed by atoms with Crippen LogP contribution >= 0.6 is 0 Å². The van der Waals surface area contributed by atoms with Crippen molar-refractivity contribution < 1.29 is 14.4 Å². The van der Waals surface area contributed by atoms with Crippen LogP contribution in [0.15, 0.2) is 15.8 Å². The number of hydrogen-bond donors (Lipinski definition) is 3. The third-order valence-electron chi connectivity index (χ3n) is 2.66. The van der Waals surface area contributed by atoms with E-state index in [1.54, 1.807) is 20.9 Å². The Balaban J connectivity index is 2.33. The number of rotatable bonds is 3. The second-order valence-corrected chi connectivity index (χ2v) is 4.12. The van der Waals surface area contributed by atoms with Crippen molar-refractivity contribution in [1.82, 2.24) is 14.8 Å². The van der Waals surface area contributed by atoms with Crippen LogP contribution < -0.4 is 11.1 Å². The smallest absolute Gasteiger partial charge is 0.294 e. The van der Waals surface area contributed by atoms with Crippen LogP contribution in [-0.2, 0) is 7.05 Å². The monoisotopic (exact) mass is 278 g/mol. The number of hydrogen-bond acceptors (Lipinski definition) is 6. The molecular formula is C11H14N6O3. The molecule has 0 spiro atoms. The lowest BCUT2D eigenvalue weighted by atomic mass is 10.3. The van der Waals surface area contributed by atoms with Crippen molar-refractivity contribution in [3.63, 3.8) is 0 Å². The molecule has 0 saturated heterocycles. The number of aryl methyl sites for hydroxylation is 3. The van der Waals surface area contributed by atoms with Crippen LogP contribution in [0.2, 0.25) is 0 Å². The third-order valence-corrected chi connectivity index (χ3v) is 2.66. The van der Waals surface area contributed by atoms with Crippen molar-refractivity contribution in [2.75, 3.05) is 5.32 Å². The lowest BCUT2D eigenvalue weighted by molar-refractivity contribution is 0.0993. The van der Waals surface area contributed by atoms with Crippen LogP contribution in [0.5, 0.6) is 0 Å². The van der Waals surface area contributed by atoms with Gasteiger partial charge in [0, 0.05) is 14.0 Å². The molecule has 0 aromatic carbocycles. The first-order valence-electron chi connectivity index (χ1n) is 5.69. The van der Waals surface area contributed by atoms with Crippen molar-refractivity contribution in [2.24, 2.45) is 17.9 Å². The topological polar surface area (TPSA) is 132 Å². The molecule has 0 atom stereocenters. The van der Waals surface area contributed by atoms with Gasteiger partial charge in [-0.05, 0) is 6.92 Å². The summed E-state index contributed by atoms with van der Waals surface area (Å²) in [6.07, 6.45) is 1.38. The number of carbonyl (C=O) groups is 1. The predicted octanol–water partition coefficient (Wildman–Crippen LogP) is 0.372. The van der Waals surface area contributed by atoms with Gasteiger partial charge in [-0.3, -0.25) is 9.48 Å². The molecule has 2 rings (SSSR count). The van der Waals surface area contributed by atoms with E-state index >= 15 is 0 Å². The minimum absolute atomic E-state index is 0.106. The molecule has 20 heavy (non-hydrogen) atoms. The summed E-state index contributed by atoms with van der Waals surface area (Å²) >= 11 is 0. The normalized spacial score (nSPS) is 11.7. The molecule has 0 aliphatic rings. The van der Waals surface area contributed by atoms with Gasteiger partial charge in [0.15, 0.2) is 11.7 Å². The van der Waals surface area contributed by atoms with Crippen LogP contribution in [0.1, 0.15) is 27.7 Å². The number of amides is 1. The number of anilines is 1. The Labute approximate surface area is 114 Å². The SMILES string of the molecule is Cc1nc(C)c(C(=O)Nc2c(C(N)=NO)cnn2C)o1. The van der Waals surface area contributed by atoms with Gasteiger partial charge in [0.1, 0.15) is 5.82 Å². The summed E-state index contributed by atoms with van der Waals surface area (Å²) in [4.78, 5) is 16.2. The van der Waals surface area contributed by atoms with E-state index in [-0.39, 0.29) is 11.6 Å². The zero-order chi connectivity index (χ0) is 14.9. The standard InChI is InChI=1S/C11H14N6O3/c1-5-8(20-6(2)14-5)11(18)15-10-7(9(12)16-19)4-13-17(10)3/h4,19H,1-3H3,(H2,12,16)(H,15,18). The number of nitrogens with zero attached hydrogens (tertiary/aromatic N) is 4. The molecule has 0 bridgehead atoms. The summed E-state index contributed by atoms with van der Waals surface area (Å²) < 4.78 is 6.62. The Morgan fingerprint density at radius 1 is 1.55 bits per heavy atom. The third kappa shape index (κ3) is 2.32. The maximum atomic E-state index is 12.1. The molecule has 0 fully saturated rings. The van der Waals surface area contributed by atoms with E-state index in [1.807, 2.05) is 0 Å². The second-order valence-electron chi connectivity index (χ2n) is 4.12. The summed E-state index contributed by atoms with van der Waals surface area (Å²) in [5.74, 6) is 0.153. The fraction of sp³-hybridized carbons (Fsp3) is 0.273. The number of carbonyl (C=O) groups excluding carboxylic acids is 1. The second kappa shape index (κ2) is 5.03. The first kappa shape index (κ1) is 13.6. The zero-order valence-electron chi connectivity index (χ0n) is 11.2. The molecule has 1 amide bonds. The first-order chi connectivity index (χ1) is 9.43. The first-order valence-corrected chi connectivity index (χ1v) is 5.69. The molecule has 0 aliphatic carbocycles. The summed E-state index contributed by atoms with van der Waals surface area (Å²) in [7, 11) is 1.61. The average molecular weight is 278 g/mol. The molecule has 4 N–H and O–H groups in total. The number of nitrogens with two attached hydrogens (primary N) is 1. The van der Waals surface area contributed by atoms with Crippen molar-refractivity contribution in [1.29, 1.82) is 0 Å². The highest BCUT2D eigenvalue weighted by Gasteiger charge is 2.20. The Hall–Kier alpha value is -2.84. The lowest BCUT2D eigenvalue weighted by Crippen LogP contribution is -2.20. The largest absolute Gasteiger partial charge is 0.436 e. The van der Waals surface area contributed by atoms with Crippen molar-refractivity contribution >= 4 is 17.6 Å². The number of aromatic nitrogens is 3. The number of oxazole rings is 1. The van der Waals surface area contributed by atoms with Crippen molar-refractivity contribution in [3.8, 4) is 0 Å². The zero-order valence-corrected chi connectivity index (χ0v) is 11.2. The molecule has 0 radical (unpaired) electrons. The predicted molar refractivity (Wildman–Crippen MR) is 69.6 cm³/mol. The maximum absolute atomic E-state index is 12.1. The van der Waals surface area contributed by atoms with Gasteiger partial charge < -0.3 is 20.7 Å². The summed E-state index contributed by atoms with van der Waals surface area (Å²) in [5.41, 5.74) is 6.30. The Bertz CT molecular complexity index is 684. The molecular weight excluding hydrogens is 264 g/mol. The molecule has 2 aromatic heterocycles. The van der Waals surface area contributed by atoms with Crippen LogP contribution in [0, 0.1) is 13.8 Å². The minimum Gasteiger partial charge on any atom is -0.436 e. The van der Waals surface area contributed by atoms with Gasteiger partial charge in [-0.15, -0.1) is 0 Å². The quantitative estimate of drug-likeness (QED) is 0.321.